The summed E-state index contributed by atoms with van der Waals surface area (Å²) < 4.78 is 13.7. The van der Waals surface area contributed by atoms with E-state index in [-0.39, 0.29) is 11.6 Å². The van der Waals surface area contributed by atoms with Crippen molar-refractivity contribution in [2.45, 2.75) is 6.54 Å². The number of halogens is 1. The minimum absolute atomic E-state index is 0.0667. The quantitative estimate of drug-likeness (QED) is 0.648. The first kappa shape index (κ1) is 16.8. The summed E-state index contributed by atoms with van der Waals surface area (Å²) in [5.41, 5.74) is 3.64. The Bertz CT molecular complexity index is 1030. The summed E-state index contributed by atoms with van der Waals surface area (Å²) >= 11 is 0. The molecule has 0 saturated heterocycles. The van der Waals surface area contributed by atoms with Gasteiger partial charge in [0.1, 0.15) is 5.82 Å². The van der Waals surface area contributed by atoms with Crippen molar-refractivity contribution >= 4 is 23.3 Å². The van der Waals surface area contributed by atoms with Gasteiger partial charge in [-0.2, -0.15) is 0 Å². The normalized spacial score (nSPS) is 12.3. The molecule has 0 bridgehead atoms. The fraction of sp³-hybridized carbons (Fsp3) is 0.0476. The van der Waals surface area contributed by atoms with Gasteiger partial charge in [0, 0.05) is 6.54 Å². The molecule has 3 N–H and O–H groups in total. The Morgan fingerprint density at radius 1 is 0.889 bits per heavy atom. The number of carbonyl (C=O) groups is 2. The molecule has 3 aromatic carbocycles. The number of benzene rings is 3. The van der Waals surface area contributed by atoms with E-state index in [1.807, 2.05) is 36.4 Å². The smallest absolute Gasteiger partial charge is 0.323 e. The first-order valence-corrected chi connectivity index (χ1v) is 8.45. The summed E-state index contributed by atoms with van der Waals surface area (Å²) in [4.78, 5) is 24.6. The number of amides is 3. The number of hydrogen-bond donors (Lipinski definition) is 3. The van der Waals surface area contributed by atoms with Gasteiger partial charge in [0.15, 0.2) is 0 Å². The van der Waals surface area contributed by atoms with Crippen molar-refractivity contribution in [1.29, 1.82) is 0 Å². The van der Waals surface area contributed by atoms with Crippen molar-refractivity contribution < 1.29 is 14.0 Å². The van der Waals surface area contributed by atoms with E-state index in [1.165, 1.54) is 18.2 Å². The third-order valence-electron chi connectivity index (χ3n) is 4.42. The number of hydrogen-bond acceptors (Lipinski definition) is 2. The highest BCUT2D eigenvalue weighted by atomic mass is 19.1. The van der Waals surface area contributed by atoms with Gasteiger partial charge in [-0.25, -0.2) is 9.18 Å². The van der Waals surface area contributed by atoms with Gasteiger partial charge in [-0.1, -0.05) is 48.5 Å². The van der Waals surface area contributed by atoms with Crippen molar-refractivity contribution in [2.24, 2.45) is 0 Å². The van der Waals surface area contributed by atoms with Crippen LogP contribution >= 0.6 is 0 Å². The van der Waals surface area contributed by atoms with E-state index in [0.717, 1.165) is 16.7 Å². The van der Waals surface area contributed by atoms with Crippen LogP contribution in [0.15, 0.2) is 66.7 Å². The molecule has 0 atom stereocenters. The van der Waals surface area contributed by atoms with E-state index < -0.39 is 11.8 Å². The van der Waals surface area contributed by atoms with Crippen molar-refractivity contribution in [1.82, 2.24) is 5.32 Å². The predicted molar refractivity (Wildman–Crippen MR) is 102 cm³/mol. The summed E-state index contributed by atoms with van der Waals surface area (Å²) in [5.74, 6) is -0.779. The number of carbonyl (C=O) groups excluding carboxylic acids is 2. The van der Waals surface area contributed by atoms with Crippen LogP contribution in [0.3, 0.4) is 0 Å². The lowest BCUT2D eigenvalue weighted by Gasteiger charge is -2.13. The molecule has 1 aliphatic heterocycles. The van der Waals surface area contributed by atoms with E-state index in [9.17, 15) is 14.0 Å². The summed E-state index contributed by atoms with van der Waals surface area (Å²) in [6.45, 7) is 0.392. The van der Waals surface area contributed by atoms with Gasteiger partial charge in [0.05, 0.1) is 16.9 Å². The second-order valence-corrected chi connectivity index (χ2v) is 6.12. The molecule has 0 aromatic heterocycles. The molecule has 134 valence electrons. The maximum Gasteiger partial charge on any atom is 0.323 e. The van der Waals surface area contributed by atoms with Crippen molar-refractivity contribution in [3.05, 3.63) is 83.7 Å². The molecule has 0 spiro atoms. The summed E-state index contributed by atoms with van der Waals surface area (Å²) in [5, 5.41) is 7.90. The molecule has 4 rings (SSSR count). The van der Waals surface area contributed by atoms with Gasteiger partial charge in [-0.3, -0.25) is 4.79 Å². The molecule has 3 amide bonds. The molecule has 0 saturated carbocycles. The van der Waals surface area contributed by atoms with E-state index in [4.69, 9.17) is 0 Å². The molecule has 1 heterocycles. The molecule has 27 heavy (non-hydrogen) atoms. The van der Waals surface area contributed by atoms with Gasteiger partial charge >= 0.3 is 6.03 Å². The maximum atomic E-state index is 13.7. The van der Waals surface area contributed by atoms with Crippen molar-refractivity contribution in [2.75, 3.05) is 10.6 Å². The van der Waals surface area contributed by atoms with E-state index in [1.54, 1.807) is 12.1 Å². The van der Waals surface area contributed by atoms with Crippen LogP contribution in [0, 0.1) is 5.82 Å². The molecule has 5 nitrogen and oxygen atoms in total. The highest BCUT2D eigenvalue weighted by molar-refractivity contribution is 6.10. The summed E-state index contributed by atoms with van der Waals surface area (Å²) in [6, 6.07) is 18.5. The number of urea groups is 1. The highest BCUT2D eigenvalue weighted by Gasteiger charge is 2.26. The maximum absolute atomic E-state index is 13.7. The fourth-order valence-corrected chi connectivity index (χ4v) is 3.18. The van der Waals surface area contributed by atoms with Crippen LogP contribution in [0.25, 0.3) is 11.1 Å². The number of rotatable bonds is 3. The Balaban J connectivity index is 1.64. The van der Waals surface area contributed by atoms with Gasteiger partial charge < -0.3 is 16.0 Å². The number of nitrogens with one attached hydrogen (secondary N) is 3. The van der Waals surface area contributed by atoms with Gasteiger partial charge in [0.2, 0.25) is 0 Å². The standard InChI is InChI=1S/C21H16FN3O2/c22-16-8-4-5-9-17(16)24-21(27)25-18-11-10-14(13-6-2-1-3-7-13)15-12-23-20(26)19(15)18/h1-11H,12H2,(H,23,26)(H2,24,25,27). The lowest BCUT2D eigenvalue weighted by Crippen LogP contribution is -2.22. The first-order chi connectivity index (χ1) is 13.1. The Kier molecular flexibility index (Phi) is 4.30. The minimum Gasteiger partial charge on any atom is -0.348 e. The molecular formula is C21H16FN3O2. The Morgan fingerprint density at radius 2 is 1.59 bits per heavy atom. The van der Waals surface area contributed by atoms with Crippen LogP contribution in [0.5, 0.6) is 0 Å². The largest absolute Gasteiger partial charge is 0.348 e. The molecule has 6 heteroatoms. The summed E-state index contributed by atoms with van der Waals surface area (Å²) in [7, 11) is 0. The zero-order chi connectivity index (χ0) is 18.8. The van der Waals surface area contributed by atoms with Gasteiger partial charge in [-0.15, -0.1) is 0 Å². The van der Waals surface area contributed by atoms with Gasteiger partial charge in [0.25, 0.3) is 5.91 Å². The average Bonchev–Trinajstić information content (AvgIpc) is 3.07. The molecule has 0 aliphatic carbocycles. The van der Waals surface area contributed by atoms with Crippen LogP contribution in [0.1, 0.15) is 15.9 Å². The molecule has 0 fully saturated rings. The third kappa shape index (κ3) is 3.25. The van der Waals surface area contributed by atoms with E-state index in [2.05, 4.69) is 16.0 Å². The summed E-state index contributed by atoms with van der Waals surface area (Å²) in [6.07, 6.45) is 0. The Labute approximate surface area is 155 Å². The van der Waals surface area contributed by atoms with Crippen LogP contribution in [-0.2, 0) is 6.54 Å². The van der Waals surface area contributed by atoms with Crippen LogP contribution in [-0.4, -0.2) is 11.9 Å². The lowest BCUT2D eigenvalue weighted by molar-refractivity contribution is 0.0966. The lowest BCUT2D eigenvalue weighted by atomic mass is 9.95. The average molecular weight is 361 g/mol. The zero-order valence-corrected chi connectivity index (χ0v) is 14.3. The van der Waals surface area contributed by atoms with Gasteiger partial charge in [-0.05, 0) is 34.9 Å². The predicted octanol–water partition coefficient (Wildman–Crippen LogP) is 4.38. The first-order valence-electron chi connectivity index (χ1n) is 8.45. The topological polar surface area (TPSA) is 70.2 Å². The highest BCUT2D eigenvalue weighted by Crippen LogP contribution is 2.34. The van der Waals surface area contributed by atoms with Crippen molar-refractivity contribution in [3.63, 3.8) is 0 Å². The third-order valence-corrected chi connectivity index (χ3v) is 4.42. The van der Waals surface area contributed by atoms with Crippen LogP contribution < -0.4 is 16.0 Å². The van der Waals surface area contributed by atoms with Crippen LogP contribution in [0.4, 0.5) is 20.6 Å². The van der Waals surface area contributed by atoms with Crippen LogP contribution in [0.2, 0.25) is 0 Å². The van der Waals surface area contributed by atoms with E-state index in [0.29, 0.717) is 17.8 Å². The zero-order valence-electron chi connectivity index (χ0n) is 14.3. The second kappa shape index (κ2) is 6.92. The van der Waals surface area contributed by atoms with Crippen molar-refractivity contribution in [3.8, 4) is 11.1 Å². The Morgan fingerprint density at radius 3 is 2.37 bits per heavy atom. The number of para-hydroxylation sites is 1. The number of anilines is 2. The van der Waals surface area contributed by atoms with E-state index >= 15 is 0 Å². The Hall–Kier alpha value is -3.67. The monoisotopic (exact) mass is 361 g/mol. The SMILES string of the molecule is O=C(Nc1ccccc1F)Nc1ccc(-c2ccccc2)c2c1C(=O)NC2. The molecule has 0 unspecified atom stereocenters. The fourth-order valence-electron chi connectivity index (χ4n) is 3.18. The molecule has 0 radical (unpaired) electrons. The second-order valence-electron chi connectivity index (χ2n) is 6.12. The molecular weight excluding hydrogens is 345 g/mol. The minimum atomic E-state index is -0.616. The molecule has 1 aliphatic rings. The number of fused-ring (bicyclic) bond motifs is 1. The molecule has 3 aromatic rings.